The standard InChI is InChI=1S/C27H34N4O4S/c1-22-9-11-24(12-10-22)36(32,33)31(16-15-29-17-19-34-20-18-29)21-25-26(23-7-3-2-4-8-23)28-35-27(25)30-13-5-6-14-30/h2-4,7-12H,5-6,13-21H2,1H3. The molecule has 0 bridgehead atoms. The van der Waals surface area contributed by atoms with Crippen LogP contribution in [-0.2, 0) is 21.3 Å². The summed E-state index contributed by atoms with van der Waals surface area (Å²) in [5.41, 5.74) is 3.46. The average molecular weight is 511 g/mol. The van der Waals surface area contributed by atoms with Crippen molar-refractivity contribution in [3.63, 3.8) is 0 Å². The van der Waals surface area contributed by atoms with Gasteiger partial charge in [-0.25, -0.2) is 8.42 Å². The number of aryl methyl sites for hydroxylation is 1. The van der Waals surface area contributed by atoms with E-state index >= 15 is 0 Å². The van der Waals surface area contributed by atoms with Gasteiger partial charge in [0.15, 0.2) is 0 Å². The first-order valence-corrected chi connectivity index (χ1v) is 14.1. The minimum absolute atomic E-state index is 0.195. The maximum Gasteiger partial charge on any atom is 0.243 e. The molecule has 0 amide bonds. The van der Waals surface area contributed by atoms with Crippen molar-refractivity contribution in [3.8, 4) is 11.3 Å². The second-order valence-corrected chi connectivity index (χ2v) is 11.4. The smallest absolute Gasteiger partial charge is 0.243 e. The molecule has 0 N–H and O–H groups in total. The first-order valence-electron chi connectivity index (χ1n) is 12.7. The highest BCUT2D eigenvalue weighted by atomic mass is 32.2. The summed E-state index contributed by atoms with van der Waals surface area (Å²) >= 11 is 0. The molecule has 9 heteroatoms. The number of sulfonamides is 1. The lowest BCUT2D eigenvalue weighted by atomic mass is 10.1. The van der Waals surface area contributed by atoms with Crippen molar-refractivity contribution in [3.05, 3.63) is 65.7 Å². The molecule has 0 radical (unpaired) electrons. The van der Waals surface area contributed by atoms with Gasteiger partial charge in [-0.3, -0.25) is 4.90 Å². The molecular formula is C27H34N4O4S. The summed E-state index contributed by atoms with van der Waals surface area (Å²) in [6.07, 6.45) is 2.17. The van der Waals surface area contributed by atoms with Crippen molar-refractivity contribution in [2.75, 3.05) is 57.4 Å². The Labute approximate surface area is 213 Å². The Morgan fingerprint density at radius 3 is 2.33 bits per heavy atom. The average Bonchev–Trinajstić information content (AvgIpc) is 3.58. The van der Waals surface area contributed by atoms with E-state index in [2.05, 4.69) is 15.0 Å². The minimum atomic E-state index is -3.75. The number of morpholine rings is 1. The molecule has 0 spiro atoms. The van der Waals surface area contributed by atoms with Crippen LogP contribution in [0, 0.1) is 6.92 Å². The SMILES string of the molecule is Cc1ccc(S(=O)(=O)N(CCN2CCOCC2)Cc2c(-c3ccccc3)noc2N2CCCC2)cc1. The van der Waals surface area contributed by atoms with E-state index < -0.39 is 10.0 Å². The molecule has 3 heterocycles. The molecule has 0 saturated carbocycles. The molecule has 2 aliphatic rings. The molecular weight excluding hydrogens is 476 g/mol. The quantitative estimate of drug-likeness (QED) is 0.434. The molecule has 0 aliphatic carbocycles. The van der Waals surface area contributed by atoms with Gasteiger partial charge in [0.05, 0.1) is 23.7 Å². The molecule has 36 heavy (non-hydrogen) atoms. The summed E-state index contributed by atoms with van der Waals surface area (Å²) < 4.78 is 40.8. The maximum absolute atomic E-state index is 13.9. The predicted octanol–water partition coefficient (Wildman–Crippen LogP) is 3.77. The van der Waals surface area contributed by atoms with Crippen molar-refractivity contribution < 1.29 is 17.7 Å². The number of ether oxygens (including phenoxy) is 1. The van der Waals surface area contributed by atoms with E-state index in [9.17, 15) is 8.42 Å². The van der Waals surface area contributed by atoms with E-state index in [0.29, 0.717) is 42.8 Å². The van der Waals surface area contributed by atoms with Crippen LogP contribution in [0.25, 0.3) is 11.3 Å². The van der Waals surface area contributed by atoms with E-state index in [0.717, 1.165) is 55.7 Å². The summed E-state index contributed by atoms with van der Waals surface area (Å²) in [4.78, 5) is 4.75. The molecule has 0 atom stereocenters. The van der Waals surface area contributed by atoms with Gasteiger partial charge in [-0.15, -0.1) is 0 Å². The molecule has 192 valence electrons. The summed E-state index contributed by atoms with van der Waals surface area (Å²) in [7, 11) is -3.75. The lowest BCUT2D eigenvalue weighted by molar-refractivity contribution is 0.0361. The molecule has 3 aromatic rings. The van der Waals surface area contributed by atoms with Crippen LogP contribution < -0.4 is 4.90 Å². The largest absolute Gasteiger partial charge is 0.379 e. The van der Waals surface area contributed by atoms with Crippen LogP contribution in [0.5, 0.6) is 0 Å². The molecule has 0 unspecified atom stereocenters. The van der Waals surface area contributed by atoms with Gasteiger partial charge >= 0.3 is 0 Å². The van der Waals surface area contributed by atoms with Crippen LogP contribution in [0.3, 0.4) is 0 Å². The second-order valence-electron chi connectivity index (χ2n) is 9.48. The second kappa shape index (κ2) is 11.1. The van der Waals surface area contributed by atoms with Crippen LogP contribution in [-0.4, -0.2) is 75.3 Å². The number of anilines is 1. The number of hydrogen-bond donors (Lipinski definition) is 0. The van der Waals surface area contributed by atoms with Crippen LogP contribution >= 0.6 is 0 Å². The Hall–Kier alpha value is -2.72. The van der Waals surface area contributed by atoms with Crippen LogP contribution in [0.1, 0.15) is 24.0 Å². The lowest BCUT2D eigenvalue weighted by Crippen LogP contribution is -2.43. The van der Waals surface area contributed by atoms with Crippen LogP contribution in [0.4, 0.5) is 5.88 Å². The number of hydrogen-bond acceptors (Lipinski definition) is 7. The predicted molar refractivity (Wildman–Crippen MR) is 139 cm³/mol. The molecule has 2 aromatic carbocycles. The first kappa shape index (κ1) is 25.0. The lowest BCUT2D eigenvalue weighted by Gasteiger charge is -2.30. The van der Waals surface area contributed by atoms with Crippen molar-refractivity contribution in [1.29, 1.82) is 0 Å². The van der Waals surface area contributed by atoms with E-state index in [1.807, 2.05) is 49.4 Å². The fourth-order valence-corrected chi connectivity index (χ4v) is 6.23. The van der Waals surface area contributed by atoms with E-state index in [4.69, 9.17) is 9.26 Å². The third kappa shape index (κ3) is 5.49. The zero-order chi connectivity index (χ0) is 25.0. The van der Waals surface area contributed by atoms with Gasteiger partial charge in [-0.05, 0) is 31.9 Å². The van der Waals surface area contributed by atoms with Gasteiger partial charge in [0.2, 0.25) is 15.9 Å². The van der Waals surface area contributed by atoms with Crippen molar-refractivity contribution in [2.24, 2.45) is 0 Å². The van der Waals surface area contributed by atoms with Gasteiger partial charge in [0.25, 0.3) is 0 Å². The van der Waals surface area contributed by atoms with Crippen molar-refractivity contribution in [1.82, 2.24) is 14.4 Å². The Morgan fingerprint density at radius 1 is 0.944 bits per heavy atom. The fraction of sp³-hybridized carbons (Fsp3) is 0.444. The van der Waals surface area contributed by atoms with E-state index in [1.54, 1.807) is 16.4 Å². The van der Waals surface area contributed by atoms with Gasteiger partial charge in [-0.2, -0.15) is 4.31 Å². The normalized spacial score (nSPS) is 17.2. The third-order valence-electron chi connectivity index (χ3n) is 6.97. The first-order chi connectivity index (χ1) is 17.5. The number of aromatic nitrogens is 1. The summed E-state index contributed by atoms with van der Waals surface area (Å²) in [6.45, 7) is 7.89. The zero-order valence-electron chi connectivity index (χ0n) is 20.8. The van der Waals surface area contributed by atoms with Crippen molar-refractivity contribution in [2.45, 2.75) is 31.2 Å². The molecule has 2 aliphatic heterocycles. The van der Waals surface area contributed by atoms with E-state index in [1.165, 1.54) is 0 Å². The fourth-order valence-electron chi connectivity index (χ4n) is 4.83. The Bertz CT molecular complexity index is 1230. The summed E-state index contributed by atoms with van der Waals surface area (Å²) in [5.74, 6) is 0.682. The Kier molecular flexibility index (Phi) is 7.71. The molecule has 8 nitrogen and oxygen atoms in total. The summed E-state index contributed by atoms with van der Waals surface area (Å²) in [6, 6.07) is 16.9. The van der Waals surface area contributed by atoms with E-state index in [-0.39, 0.29) is 6.54 Å². The molecule has 5 rings (SSSR count). The third-order valence-corrected chi connectivity index (χ3v) is 8.83. The molecule has 1 aromatic heterocycles. The summed E-state index contributed by atoms with van der Waals surface area (Å²) in [5, 5.41) is 4.44. The highest BCUT2D eigenvalue weighted by Gasteiger charge is 2.31. The van der Waals surface area contributed by atoms with Gasteiger partial charge in [-0.1, -0.05) is 53.2 Å². The highest BCUT2D eigenvalue weighted by Crippen LogP contribution is 2.35. The number of benzene rings is 2. The topological polar surface area (TPSA) is 79.1 Å². The zero-order valence-corrected chi connectivity index (χ0v) is 21.6. The number of rotatable bonds is 9. The Morgan fingerprint density at radius 2 is 1.64 bits per heavy atom. The number of nitrogens with zero attached hydrogens (tertiary/aromatic N) is 4. The van der Waals surface area contributed by atoms with Crippen molar-refractivity contribution >= 4 is 15.9 Å². The van der Waals surface area contributed by atoms with Crippen LogP contribution in [0.15, 0.2) is 64.0 Å². The monoisotopic (exact) mass is 510 g/mol. The minimum Gasteiger partial charge on any atom is -0.379 e. The maximum atomic E-state index is 13.9. The van der Waals surface area contributed by atoms with Gasteiger partial charge in [0.1, 0.15) is 5.69 Å². The molecule has 2 fully saturated rings. The van der Waals surface area contributed by atoms with Gasteiger partial charge in [0, 0.05) is 51.4 Å². The van der Waals surface area contributed by atoms with Crippen LogP contribution in [0.2, 0.25) is 0 Å². The molecule has 2 saturated heterocycles. The Balaban J connectivity index is 1.51. The highest BCUT2D eigenvalue weighted by molar-refractivity contribution is 7.89. The van der Waals surface area contributed by atoms with Gasteiger partial charge < -0.3 is 14.2 Å².